The summed E-state index contributed by atoms with van der Waals surface area (Å²) in [6.45, 7) is 3.28. The minimum absolute atomic E-state index is 0.0219. The molecular formula is C23H20F3N5O6. The summed E-state index contributed by atoms with van der Waals surface area (Å²) < 4.78 is 58.5. The molecule has 0 fully saturated rings. The second kappa shape index (κ2) is 9.79. The van der Waals surface area contributed by atoms with Crippen LogP contribution in [0.2, 0.25) is 0 Å². The van der Waals surface area contributed by atoms with Gasteiger partial charge in [0, 0.05) is 11.5 Å². The van der Waals surface area contributed by atoms with E-state index in [1.54, 1.807) is 26.0 Å². The van der Waals surface area contributed by atoms with Crippen LogP contribution in [0.5, 0.6) is 23.0 Å². The van der Waals surface area contributed by atoms with Crippen molar-refractivity contribution in [3.8, 4) is 23.0 Å². The van der Waals surface area contributed by atoms with Crippen molar-refractivity contribution in [3.63, 3.8) is 0 Å². The van der Waals surface area contributed by atoms with Crippen molar-refractivity contribution < 1.29 is 36.9 Å². The number of hydrogen-bond donors (Lipinski definition) is 2. The van der Waals surface area contributed by atoms with Gasteiger partial charge in [0.1, 0.15) is 22.4 Å². The second-order valence-electron chi connectivity index (χ2n) is 7.51. The van der Waals surface area contributed by atoms with E-state index in [0.717, 1.165) is 6.07 Å². The maximum atomic E-state index is 12.9. The zero-order chi connectivity index (χ0) is 26.9. The summed E-state index contributed by atoms with van der Waals surface area (Å²) in [4.78, 5) is 39.8. The van der Waals surface area contributed by atoms with Crippen LogP contribution >= 0.6 is 0 Å². The van der Waals surface area contributed by atoms with Crippen molar-refractivity contribution in [3.05, 3.63) is 40.3 Å². The van der Waals surface area contributed by atoms with Gasteiger partial charge in [0.25, 0.3) is 5.56 Å². The zero-order valence-corrected chi connectivity index (χ0v) is 19.9. The Balaban J connectivity index is 1.77. The van der Waals surface area contributed by atoms with Crippen molar-refractivity contribution >= 4 is 39.7 Å². The van der Waals surface area contributed by atoms with Gasteiger partial charge in [-0.2, -0.15) is 13.2 Å². The number of carbonyl (C=O) groups is 1. The lowest BCUT2D eigenvalue weighted by molar-refractivity contribution is -0.189. The fourth-order valence-electron chi connectivity index (χ4n) is 3.53. The molecule has 0 saturated carbocycles. The first-order valence-corrected chi connectivity index (χ1v) is 10.7. The van der Waals surface area contributed by atoms with Gasteiger partial charge in [-0.1, -0.05) is 0 Å². The summed E-state index contributed by atoms with van der Waals surface area (Å²) in [6.07, 6.45) is -5.23. The number of esters is 1. The van der Waals surface area contributed by atoms with Crippen molar-refractivity contribution in [1.29, 1.82) is 0 Å². The van der Waals surface area contributed by atoms with Crippen molar-refractivity contribution in [1.82, 2.24) is 19.9 Å². The Morgan fingerprint density at radius 3 is 2.49 bits per heavy atom. The van der Waals surface area contributed by atoms with Gasteiger partial charge in [0.05, 0.1) is 32.0 Å². The summed E-state index contributed by atoms with van der Waals surface area (Å²) in [5, 5.41) is 3.30. The summed E-state index contributed by atoms with van der Waals surface area (Å²) >= 11 is 0. The van der Waals surface area contributed by atoms with Crippen molar-refractivity contribution in [2.45, 2.75) is 20.0 Å². The summed E-state index contributed by atoms with van der Waals surface area (Å²) in [7, 11) is 3.01. The van der Waals surface area contributed by atoms with Crippen LogP contribution in [0.1, 0.15) is 12.6 Å². The quantitative estimate of drug-likeness (QED) is 0.274. The number of H-pyrrole nitrogens is 1. The molecule has 2 aromatic heterocycles. The molecule has 4 aromatic rings. The van der Waals surface area contributed by atoms with Crippen LogP contribution in [0.4, 0.5) is 25.1 Å². The zero-order valence-electron chi connectivity index (χ0n) is 19.9. The first-order chi connectivity index (χ1) is 17.5. The average molecular weight is 519 g/mol. The van der Waals surface area contributed by atoms with Gasteiger partial charge in [-0.05, 0) is 32.0 Å². The molecule has 14 heteroatoms. The van der Waals surface area contributed by atoms with Crippen molar-refractivity contribution in [2.24, 2.45) is 0 Å². The number of rotatable bonds is 7. The number of methoxy groups -OCH3 is 2. The molecule has 11 nitrogen and oxygen atoms in total. The Morgan fingerprint density at radius 1 is 1.08 bits per heavy atom. The Morgan fingerprint density at radius 2 is 1.84 bits per heavy atom. The molecule has 2 N–H and O–H groups in total. The molecule has 0 amide bonds. The third-order valence-electron chi connectivity index (χ3n) is 5.13. The number of nitrogens with zero attached hydrogens (tertiary/aromatic N) is 3. The SMILES string of the molecule is CCOc1c(OC(=O)C(F)(F)F)ccc2nc(Nc3nc(C)c4cc(OC)cc(OC)c4n3)[nH]c(=O)c12. The number of ether oxygens (including phenoxy) is 4. The first-order valence-electron chi connectivity index (χ1n) is 10.7. The molecule has 0 radical (unpaired) electrons. The standard InChI is InChI=1S/C23H20F3N5O6/c1-5-36-18-14(37-20(33)23(24,25)26)7-6-13-16(18)19(32)30-22(28-13)31-21-27-10(2)12-8-11(34-3)9-15(35-4)17(12)29-21/h6-9H,5H2,1-4H3,(H2,27,28,29,30,31,32). The number of benzene rings is 2. The number of halogens is 3. The molecule has 2 aromatic carbocycles. The maximum Gasteiger partial charge on any atom is 0.491 e. The monoisotopic (exact) mass is 519 g/mol. The molecule has 0 aliphatic heterocycles. The van der Waals surface area contributed by atoms with E-state index in [9.17, 15) is 22.8 Å². The average Bonchev–Trinajstić information content (AvgIpc) is 2.84. The lowest BCUT2D eigenvalue weighted by atomic mass is 10.1. The van der Waals surface area contributed by atoms with E-state index >= 15 is 0 Å². The Bertz CT molecular complexity index is 1570. The highest BCUT2D eigenvalue weighted by Gasteiger charge is 2.42. The smallest absolute Gasteiger partial charge is 0.491 e. The van der Waals surface area contributed by atoms with Crippen LogP contribution in [0.3, 0.4) is 0 Å². The molecule has 0 aliphatic carbocycles. The summed E-state index contributed by atoms with van der Waals surface area (Å²) in [5.41, 5.74) is 0.362. The van der Waals surface area contributed by atoms with E-state index in [0.29, 0.717) is 28.1 Å². The molecule has 0 aliphatic rings. The summed E-state index contributed by atoms with van der Waals surface area (Å²) in [6, 6.07) is 5.69. The molecule has 0 unspecified atom stereocenters. The van der Waals surface area contributed by atoms with E-state index in [2.05, 4.69) is 30.0 Å². The fourth-order valence-corrected chi connectivity index (χ4v) is 3.53. The highest BCUT2D eigenvalue weighted by Crippen LogP contribution is 2.35. The third kappa shape index (κ3) is 5.03. The van der Waals surface area contributed by atoms with E-state index in [1.165, 1.54) is 20.3 Å². The van der Waals surface area contributed by atoms with E-state index in [4.69, 9.17) is 14.2 Å². The number of aromatic amines is 1. The third-order valence-corrected chi connectivity index (χ3v) is 5.13. The maximum absolute atomic E-state index is 12.9. The minimum atomic E-state index is -5.23. The predicted octanol–water partition coefficient (Wildman–Crippen LogP) is 3.80. The predicted molar refractivity (Wildman–Crippen MR) is 126 cm³/mol. The molecule has 0 bridgehead atoms. The van der Waals surface area contributed by atoms with Crippen LogP contribution in [-0.2, 0) is 4.79 Å². The van der Waals surface area contributed by atoms with Crippen LogP contribution in [-0.4, -0.2) is 52.9 Å². The topological polar surface area (TPSA) is 138 Å². The minimum Gasteiger partial charge on any atom is -0.497 e. The first kappa shape index (κ1) is 25.5. The molecule has 2 heterocycles. The van der Waals surface area contributed by atoms with Gasteiger partial charge >= 0.3 is 12.1 Å². The van der Waals surface area contributed by atoms with Crippen LogP contribution in [0.15, 0.2) is 29.1 Å². The van der Waals surface area contributed by atoms with Gasteiger partial charge in [-0.25, -0.2) is 19.7 Å². The lowest BCUT2D eigenvalue weighted by Crippen LogP contribution is -2.28. The molecule has 37 heavy (non-hydrogen) atoms. The molecular weight excluding hydrogens is 499 g/mol. The van der Waals surface area contributed by atoms with Gasteiger partial charge in [-0.15, -0.1) is 0 Å². The van der Waals surface area contributed by atoms with Gasteiger partial charge < -0.3 is 18.9 Å². The fraction of sp³-hybridized carbons (Fsp3) is 0.261. The number of aromatic nitrogens is 4. The van der Waals surface area contributed by atoms with Gasteiger partial charge in [0.15, 0.2) is 11.5 Å². The highest BCUT2D eigenvalue weighted by atomic mass is 19.4. The number of carbonyl (C=O) groups excluding carboxylic acids is 1. The summed E-state index contributed by atoms with van der Waals surface area (Å²) in [5.74, 6) is -2.34. The van der Waals surface area contributed by atoms with Crippen LogP contribution in [0.25, 0.3) is 21.8 Å². The van der Waals surface area contributed by atoms with Crippen molar-refractivity contribution in [2.75, 3.05) is 26.1 Å². The molecule has 0 atom stereocenters. The molecule has 0 spiro atoms. The normalized spacial score (nSPS) is 11.4. The number of nitrogens with one attached hydrogen (secondary N) is 2. The Labute approximate surface area is 206 Å². The number of alkyl halides is 3. The molecule has 0 saturated heterocycles. The molecule has 4 rings (SSSR count). The van der Waals surface area contributed by atoms with Crippen LogP contribution < -0.4 is 29.8 Å². The largest absolute Gasteiger partial charge is 0.497 e. The molecule has 194 valence electrons. The number of fused-ring (bicyclic) bond motifs is 2. The van der Waals surface area contributed by atoms with E-state index < -0.39 is 23.5 Å². The number of hydrogen-bond acceptors (Lipinski definition) is 10. The number of anilines is 2. The second-order valence-corrected chi connectivity index (χ2v) is 7.51. The van der Waals surface area contributed by atoms with E-state index in [-0.39, 0.29) is 35.2 Å². The van der Waals surface area contributed by atoms with Gasteiger partial charge in [-0.3, -0.25) is 15.1 Å². The van der Waals surface area contributed by atoms with E-state index in [1.807, 2.05) is 0 Å². The van der Waals surface area contributed by atoms with Crippen LogP contribution in [0, 0.1) is 6.92 Å². The Kier molecular flexibility index (Phi) is 6.74. The van der Waals surface area contributed by atoms with Gasteiger partial charge in [0.2, 0.25) is 11.9 Å². The highest BCUT2D eigenvalue weighted by molar-refractivity contribution is 5.91. The lowest BCUT2D eigenvalue weighted by Gasteiger charge is -2.14. The Hall–Kier alpha value is -4.62. The number of aryl methyl sites for hydroxylation is 1.